The van der Waals surface area contributed by atoms with E-state index in [0.29, 0.717) is 13.1 Å². The first-order chi connectivity index (χ1) is 12.2. The minimum absolute atomic E-state index is 0.0322. The van der Waals surface area contributed by atoms with Crippen LogP contribution in [0.5, 0.6) is 5.75 Å². The van der Waals surface area contributed by atoms with Gasteiger partial charge in [-0.05, 0) is 0 Å². The number of halogens is 8. The van der Waals surface area contributed by atoms with Crippen LogP contribution in [0.15, 0.2) is 21.7 Å². The number of pyridine rings is 1. The van der Waals surface area contributed by atoms with Crippen molar-refractivity contribution in [2.24, 2.45) is 7.05 Å². The highest BCUT2D eigenvalue weighted by molar-refractivity contribution is 6.30. The average molecular weight is 422 g/mol. The van der Waals surface area contributed by atoms with Gasteiger partial charge in [-0.2, -0.15) is 26.3 Å². The zero-order valence-corrected chi connectivity index (χ0v) is 13.7. The van der Waals surface area contributed by atoms with Crippen LogP contribution in [0.25, 0.3) is 5.82 Å². The van der Waals surface area contributed by atoms with Gasteiger partial charge in [-0.3, -0.25) is 9.36 Å². The van der Waals surface area contributed by atoms with Crippen LogP contribution in [0, 0.1) is 5.82 Å². The molecule has 27 heavy (non-hydrogen) atoms. The van der Waals surface area contributed by atoms with Crippen molar-refractivity contribution in [3.05, 3.63) is 49.6 Å². The molecule has 14 heteroatoms. The van der Waals surface area contributed by atoms with Crippen LogP contribution >= 0.6 is 11.6 Å². The van der Waals surface area contributed by atoms with E-state index in [1.165, 1.54) is 0 Å². The topological polar surface area (TPSA) is 66.1 Å². The summed E-state index contributed by atoms with van der Waals surface area (Å²) in [6.45, 7) is -1.82. The predicted molar refractivity (Wildman–Crippen MR) is 76.6 cm³/mol. The van der Waals surface area contributed by atoms with Crippen molar-refractivity contribution in [1.29, 1.82) is 0 Å². The molecule has 6 nitrogen and oxygen atoms in total. The number of hydrogen-bond donors (Lipinski definition) is 0. The molecule has 0 N–H and O–H groups in total. The maximum Gasteiger partial charge on any atom is 0.431 e. The highest BCUT2D eigenvalue weighted by Crippen LogP contribution is 2.29. The van der Waals surface area contributed by atoms with Crippen LogP contribution in [0.1, 0.15) is 5.69 Å². The molecule has 0 aromatic carbocycles. The van der Waals surface area contributed by atoms with Gasteiger partial charge in [-0.15, -0.1) is 0 Å². The summed E-state index contributed by atoms with van der Waals surface area (Å²) in [6, 6.07) is 0.352. The fraction of sp³-hybridized carbons (Fsp3) is 0.308. The molecule has 0 aliphatic heterocycles. The highest BCUT2D eigenvalue weighted by Gasteiger charge is 2.35. The number of nitrogens with zero attached hydrogens (tertiary/aromatic N) is 3. The number of aromatic nitrogens is 3. The molecule has 2 aromatic heterocycles. The molecule has 0 unspecified atom stereocenters. The molecule has 2 heterocycles. The Balaban J connectivity index is 2.60. The van der Waals surface area contributed by atoms with Gasteiger partial charge < -0.3 is 4.74 Å². The molecule has 2 rings (SSSR count). The Kier molecular flexibility index (Phi) is 5.27. The van der Waals surface area contributed by atoms with E-state index in [2.05, 4.69) is 9.72 Å². The fourth-order valence-electron chi connectivity index (χ4n) is 1.95. The molecule has 148 valence electrons. The number of ether oxygens (including phenoxy) is 1. The molecule has 0 saturated carbocycles. The first-order valence-electron chi connectivity index (χ1n) is 6.68. The summed E-state index contributed by atoms with van der Waals surface area (Å²) < 4.78 is 93.2. The average Bonchev–Trinajstić information content (AvgIpc) is 2.50. The number of rotatable bonds is 3. The summed E-state index contributed by atoms with van der Waals surface area (Å²) in [4.78, 5) is 27.2. The van der Waals surface area contributed by atoms with Crippen molar-refractivity contribution in [2.75, 3.05) is 6.61 Å². The summed E-state index contributed by atoms with van der Waals surface area (Å²) in [5.74, 6) is -3.46. The third-order valence-electron chi connectivity index (χ3n) is 3.09. The summed E-state index contributed by atoms with van der Waals surface area (Å²) in [7, 11) is 0.682. The van der Waals surface area contributed by atoms with Crippen molar-refractivity contribution in [3.8, 4) is 11.6 Å². The largest absolute Gasteiger partial charge is 0.481 e. The summed E-state index contributed by atoms with van der Waals surface area (Å²) in [6.07, 6.45) is -9.80. The summed E-state index contributed by atoms with van der Waals surface area (Å²) >= 11 is 5.55. The van der Waals surface area contributed by atoms with Crippen molar-refractivity contribution >= 4 is 11.6 Å². The van der Waals surface area contributed by atoms with E-state index in [1.807, 2.05) is 0 Å². The lowest BCUT2D eigenvalue weighted by molar-refractivity contribution is -0.153. The minimum Gasteiger partial charge on any atom is -0.481 e. The molecule has 0 saturated heterocycles. The van der Waals surface area contributed by atoms with Crippen molar-refractivity contribution in [1.82, 2.24) is 14.1 Å². The Hall–Kier alpha value is -2.57. The molecular formula is C13H7ClF7N3O3. The molecule has 0 bridgehead atoms. The van der Waals surface area contributed by atoms with Gasteiger partial charge in [-0.1, -0.05) is 11.6 Å². The smallest absolute Gasteiger partial charge is 0.431 e. The molecular weight excluding hydrogens is 415 g/mol. The Morgan fingerprint density at radius 1 is 1.15 bits per heavy atom. The quantitative estimate of drug-likeness (QED) is 0.564. The van der Waals surface area contributed by atoms with Gasteiger partial charge >= 0.3 is 18.0 Å². The van der Waals surface area contributed by atoms with Crippen LogP contribution in [-0.2, 0) is 13.2 Å². The van der Waals surface area contributed by atoms with E-state index < -0.39 is 58.4 Å². The summed E-state index contributed by atoms with van der Waals surface area (Å²) in [5.41, 5.74) is -4.76. The Labute approximate surface area is 149 Å². The Morgan fingerprint density at radius 3 is 2.26 bits per heavy atom. The van der Waals surface area contributed by atoms with Gasteiger partial charge in [-0.25, -0.2) is 18.7 Å². The van der Waals surface area contributed by atoms with Gasteiger partial charge in [0.15, 0.2) is 29.1 Å². The Morgan fingerprint density at radius 2 is 1.74 bits per heavy atom. The number of hydrogen-bond acceptors (Lipinski definition) is 4. The lowest BCUT2D eigenvalue weighted by atomic mass is 10.3. The monoisotopic (exact) mass is 421 g/mol. The van der Waals surface area contributed by atoms with Gasteiger partial charge in [0.1, 0.15) is 5.69 Å². The standard InChI is InChI=1S/C13H7ClF7N3O3/c1-23-7(13(19,20)21)3-8(25)24(11(23)26)10-5(15)2-6(9(14)22-10)27-4-12(16,17)18/h2-3H,4H2,1H3. The zero-order valence-electron chi connectivity index (χ0n) is 13.0. The molecule has 0 radical (unpaired) electrons. The second-order valence-electron chi connectivity index (χ2n) is 5.03. The SMILES string of the molecule is Cn1c(C(F)(F)F)cc(=O)n(-c2nc(Cl)c(OCC(F)(F)F)cc2F)c1=O. The fourth-order valence-corrected chi connectivity index (χ4v) is 2.14. The predicted octanol–water partition coefficient (Wildman–Crippen LogP) is 2.68. The van der Waals surface area contributed by atoms with E-state index in [0.717, 1.165) is 0 Å². The second kappa shape index (κ2) is 6.87. The molecule has 2 aromatic rings. The van der Waals surface area contributed by atoms with E-state index in [4.69, 9.17) is 11.6 Å². The van der Waals surface area contributed by atoms with Crippen molar-refractivity contribution < 1.29 is 35.5 Å². The van der Waals surface area contributed by atoms with Crippen LogP contribution in [-0.4, -0.2) is 26.9 Å². The molecule has 0 amide bonds. The molecule has 0 atom stereocenters. The van der Waals surface area contributed by atoms with Gasteiger partial charge in [0.05, 0.1) is 0 Å². The molecule has 0 aliphatic carbocycles. The third-order valence-corrected chi connectivity index (χ3v) is 3.36. The Bertz CT molecular complexity index is 995. The van der Waals surface area contributed by atoms with Crippen LogP contribution < -0.4 is 16.0 Å². The number of alkyl halides is 6. The van der Waals surface area contributed by atoms with Gasteiger partial charge in [0.25, 0.3) is 5.56 Å². The van der Waals surface area contributed by atoms with Gasteiger partial charge in [0.2, 0.25) is 0 Å². The summed E-state index contributed by atoms with van der Waals surface area (Å²) in [5, 5.41) is -0.843. The van der Waals surface area contributed by atoms with E-state index >= 15 is 0 Å². The lowest BCUT2D eigenvalue weighted by Gasteiger charge is -2.15. The highest BCUT2D eigenvalue weighted by atomic mass is 35.5. The van der Waals surface area contributed by atoms with Crippen molar-refractivity contribution in [2.45, 2.75) is 12.4 Å². The van der Waals surface area contributed by atoms with Crippen molar-refractivity contribution in [3.63, 3.8) is 0 Å². The van der Waals surface area contributed by atoms with E-state index in [9.17, 15) is 40.3 Å². The normalized spacial score (nSPS) is 12.3. The third kappa shape index (κ3) is 4.40. The van der Waals surface area contributed by atoms with E-state index in [-0.39, 0.29) is 15.2 Å². The van der Waals surface area contributed by atoms with Crippen LogP contribution in [0.2, 0.25) is 5.15 Å². The first kappa shape index (κ1) is 20.7. The van der Waals surface area contributed by atoms with Crippen LogP contribution in [0.3, 0.4) is 0 Å². The molecule has 0 spiro atoms. The molecule has 0 fully saturated rings. The minimum atomic E-state index is -5.04. The van der Waals surface area contributed by atoms with Gasteiger partial charge in [0, 0.05) is 19.2 Å². The molecule has 0 aliphatic rings. The zero-order chi connectivity index (χ0) is 20.7. The maximum absolute atomic E-state index is 14.1. The maximum atomic E-state index is 14.1. The van der Waals surface area contributed by atoms with Crippen LogP contribution in [0.4, 0.5) is 30.7 Å². The van der Waals surface area contributed by atoms with E-state index in [1.54, 1.807) is 0 Å². The second-order valence-corrected chi connectivity index (χ2v) is 5.39. The first-order valence-corrected chi connectivity index (χ1v) is 7.06. The lowest BCUT2D eigenvalue weighted by Crippen LogP contribution is -2.41.